The van der Waals surface area contributed by atoms with Crippen LogP contribution in [-0.4, -0.2) is 40.3 Å². The molecule has 6 nitrogen and oxygen atoms in total. The summed E-state index contributed by atoms with van der Waals surface area (Å²) in [5.74, 6) is -1.16. The Balaban J connectivity index is 1.67. The zero-order valence-corrected chi connectivity index (χ0v) is 13.2. The molecule has 0 N–H and O–H groups in total. The molecule has 0 aliphatic carbocycles. The summed E-state index contributed by atoms with van der Waals surface area (Å²) in [7, 11) is 1.67. The summed E-state index contributed by atoms with van der Waals surface area (Å²) >= 11 is 0. The first-order valence-electron chi connectivity index (χ1n) is 7.60. The highest BCUT2D eigenvalue weighted by atomic mass is 19.1. The van der Waals surface area contributed by atoms with Crippen LogP contribution in [0, 0.1) is 11.7 Å². The molecular weight excluding hydrogens is 311 g/mol. The van der Waals surface area contributed by atoms with Crippen LogP contribution in [-0.2, 0) is 16.1 Å². The van der Waals surface area contributed by atoms with Crippen molar-refractivity contribution in [1.82, 2.24) is 14.9 Å². The van der Waals surface area contributed by atoms with Crippen molar-refractivity contribution in [3.63, 3.8) is 0 Å². The van der Waals surface area contributed by atoms with Gasteiger partial charge in [-0.05, 0) is 18.2 Å². The maximum Gasteiger partial charge on any atom is 0.228 e. The second-order valence-electron chi connectivity index (χ2n) is 5.78. The fraction of sp³-hybridized carbons (Fsp3) is 0.294. The number of hydrogen-bond donors (Lipinski definition) is 0. The lowest BCUT2D eigenvalue weighted by Crippen LogP contribution is -2.34. The zero-order valence-electron chi connectivity index (χ0n) is 13.2. The molecule has 0 spiro atoms. The average Bonchev–Trinajstić information content (AvgIpc) is 2.97. The number of benzene rings is 1. The van der Waals surface area contributed by atoms with E-state index in [1.165, 1.54) is 21.9 Å². The number of aromatic nitrogens is 2. The molecule has 1 aliphatic heterocycles. The van der Waals surface area contributed by atoms with Crippen molar-refractivity contribution in [3.05, 3.63) is 54.4 Å². The van der Waals surface area contributed by atoms with E-state index in [2.05, 4.69) is 9.97 Å². The lowest BCUT2D eigenvalue weighted by atomic mass is 10.1. The van der Waals surface area contributed by atoms with Crippen LogP contribution in [0.25, 0.3) is 0 Å². The van der Waals surface area contributed by atoms with Crippen LogP contribution < -0.4 is 4.90 Å². The average molecular weight is 328 g/mol. The van der Waals surface area contributed by atoms with E-state index in [4.69, 9.17) is 0 Å². The second-order valence-corrected chi connectivity index (χ2v) is 5.78. The summed E-state index contributed by atoms with van der Waals surface area (Å²) in [5.41, 5.74) is 1.16. The molecule has 1 aromatic heterocycles. The minimum Gasteiger partial charge on any atom is -0.339 e. The van der Waals surface area contributed by atoms with E-state index in [9.17, 15) is 14.0 Å². The molecule has 1 unspecified atom stereocenters. The molecule has 2 amide bonds. The van der Waals surface area contributed by atoms with Gasteiger partial charge in [0.25, 0.3) is 0 Å². The fourth-order valence-electron chi connectivity index (χ4n) is 2.81. The Morgan fingerprint density at radius 3 is 2.96 bits per heavy atom. The number of halogens is 1. The predicted molar refractivity (Wildman–Crippen MR) is 85.4 cm³/mol. The second kappa shape index (κ2) is 6.74. The van der Waals surface area contributed by atoms with Crippen molar-refractivity contribution in [1.29, 1.82) is 0 Å². The van der Waals surface area contributed by atoms with Crippen LogP contribution in [0.2, 0.25) is 0 Å². The van der Waals surface area contributed by atoms with Gasteiger partial charge in [-0.15, -0.1) is 0 Å². The van der Waals surface area contributed by atoms with Gasteiger partial charge in [0.15, 0.2) is 0 Å². The molecule has 0 saturated carbocycles. The number of hydrogen-bond acceptors (Lipinski definition) is 4. The largest absolute Gasteiger partial charge is 0.339 e. The highest BCUT2D eigenvalue weighted by Crippen LogP contribution is 2.26. The molecule has 0 bridgehead atoms. The Morgan fingerprint density at radius 2 is 2.25 bits per heavy atom. The number of carbonyl (C=O) groups excluding carboxylic acids is 2. The van der Waals surface area contributed by atoms with Gasteiger partial charge in [0.05, 0.1) is 24.4 Å². The third-order valence-corrected chi connectivity index (χ3v) is 3.99. The number of rotatable bonds is 4. The molecule has 2 aromatic rings. The Kier molecular flexibility index (Phi) is 4.50. The van der Waals surface area contributed by atoms with E-state index in [0.717, 1.165) is 0 Å². The highest BCUT2D eigenvalue weighted by Gasteiger charge is 2.36. The van der Waals surface area contributed by atoms with Crippen molar-refractivity contribution in [2.24, 2.45) is 5.92 Å². The van der Waals surface area contributed by atoms with Crippen LogP contribution in [0.4, 0.5) is 10.1 Å². The minimum atomic E-state index is -0.442. The topological polar surface area (TPSA) is 66.4 Å². The van der Waals surface area contributed by atoms with Gasteiger partial charge in [-0.2, -0.15) is 0 Å². The van der Waals surface area contributed by atoms with Gasteiger partial charge in [0.1, 0.15) is 5.82 Å². The van der Waals surface area contributed by atoms with E-state index >= 15 is 0 Å². The van der Waals surface area contributed by atoms with E-state index in [1.807, 2.05) is 0 Å². The van der Waals surface area contributed by atoms with Crippen molar-refractivity contribution < 1.29 is 14.0 Å². The lowest BCUT2D eigenvalue weighted by molar-refractivity contribution is -0.135. The van der Waals surface area contributed by atoms with E-state index < -0.39 is 11.7 Å². The fourth-order valence-corrected chi connectivity index (χ4v) is 2.81. The number of nitrogens with zero attached hydrogens (tertiary/aromatic N) is 4. The van der Waals surface area contributed by atoms with Crippen LogP contribution in [0.5, 0.6) is 0 Å². The standard InChI is InChI=1S/C17H17FN4O2/c1-21(11-14-9-19-5-6-20-14)17(24)12-7-16(23)22(10-12)15-4-2-3-13(18)8-15/h2-6,8-9,12H,7,10-11H2,1H3. The Bertz CT molecular complexity index is 753. The lowest BCUT2D eigenvalue weighted by Gasteiger charge is -2.21. The van der Waals surface area contributed by atoms with Gasteiger partial charge in [-0.25, -0.2) is 4.39 Å². The first-order valence-corrected chi connectivity index (χ1v) is 7.60. The summed E-state index contributed by atoms with van der Waals surface area (Å²) in [6.45, 7) is 0.587. The smallest absolute Gasteiger partial charge is 0.228 e. The molecule has 1 aliphatic rings. The Morgan fingerprint density at radius 1 is 1.42 bits per heavy atom. The monoisotopic (exact) mass is 328 g/mol. The van der Waals surface area contributed by atoms with Gasteiger partial charge in [0.2, 0.25) is 11.8 Å². The van der Waals surface area contributed by atoms with Gasteiger partial charge in [-0.1, -0.05) is 6.07 Å². The Labute approximate surface area is 138 Å². The van der Waals surface area contributed by atoms with Crippen molar-refractivity contribution in [2.45, 2.75) is 13.0 Å². The normalized spacial score (nSPS) is 17.2. The van der Waals surface area contributed by atoms with Crippen LogP contribution in [0.3, 0.4) is 0 Å². The summed E-state index contributed by atoms with van der Waals surface area (Å²) in [6, 6.07) is 5.83. The molecule has 24 heavy (non-hydrogen) atoms. The van der Waals surface area contributed by atoms with Gasteiger partial charge in [0, 0.05) is 38.1 Å². The third kappa shape index (κ3) is 3.40. The predicted octanol–water partition coefficient (Wildman–Crippen LogP) is 1.63. The molecule has 124 valence electrons. The van der Waals surface area contributed by atoms with Crippen LogP contribution >= 0.6 is 0 Å². The molecule has 3 rings (SSSR count). The summed E-state index contributed by atoms with van der Waals surface area (Å²) in [4.78, 5) is 35.9. The van der Waals surface area contributed by atoms with E-state index in [-0.39, 0.29) is 24.8 Å². The quantitative estimate of drug-likeness (QED) is 0.855. The molecule has 2 heterocycles. The van der Waals surface area contributed by atoms with Crippen molar-refractivity contribution in [2.75, 3.05) is 18.5 Å². The van der Waals surface area contributed by atoms with Crippen LogP contribution in [0.1, 0.15) is 12.1 Å². The van der Waals surface area contributed by atoms with Crippen LogP contribution in [0.15, 0.2) is 42.9 Å². The maximum absolute atomic E-state index is 13.3. The van der Waals surface area contributed by atoms with Gasteiger partial charge < -0.3 is 9.80 Å². The summed E-state index contributed by atoms with van der Waals surface area (Å²) in [5, 5.41) is 0. The number of carbonyl (C=O) groups is 2. The van der Waals surface area contributed by atoms with Crippen molar-refractivity contribution >= 4 is 17.5 Å². The SMILES string of the molecule is CN(Cc1cnccn1)C(=O)C1CC(=O)N(c2cccc(F)c2)C1. The number of anilines is 1. The van der Waals surface area contributed by atoms with E-state index in [0.29, 0.717) is 17.9 Å². The zero-order chi connectivity index (χ0) is 17.1. The highest BCUT2D eigenvalue weighted by molar-refractivity contribution is 6.00. The molecule has 1 saturated heterocycles. The third-order valence-electron chi connectivity index (χ3n) is 3.99. The molecule has 1 atom stereocenters. The van der Waals surface area contributed by atoms with Crippen molar-refractivity contribution in [3.8, 4) is 0 Å². The Hall–Kier alpha value is -2.83. The molecule has 1 fully saturated rings. The molecule has 7 heteroatoms. The maximum atomic E-state index is 13.3. The summed E-state index contributed by atoms with van der Waals surface area (Å²) < 4.78 is 13.3. The summed E-state index contributed by atoms with van der Waals surface area (Å²) in [6.07, 6.45) is 4.86. The molecular formula is C17H17FN4O2. The van der Waals surface area contributed by atoms with E-state index in [1.54, 1.807) is 37.8 Å². The van der Waals surface area contributed by atoms with Gasteiger partial charge >= 0.3 is 0 Å². The van der Waals surface area contributed by atoms with Gasteiger partial charge in [-0.3, -0.25) is 19.6 Å². The minimum absolute atomic E-state index is 0.125. The molecule has 0 radical (unpaired) electrons. The molecule has 1 aromatic carbocycles. The first kappa shape index (κ1) is 16.0. The number of amides is 2. The first-order chi connectivity index (χ1) is 11.5.